The summed E-state index contributed by atoms with van der Waals surface area (Å²) >= 11 is 0. The molecule has 0 radical (unpaired) electrons. The molecule has 4 aliphatic rings. The van der Waals surface area contributed by atoms with Gasteiger partial charge in [-0.2, -0.15) is 0 Å². The van der Waals surface area contributed by atoms with E-state index in [1.165, 1.54) is 24.0 Å². The van der Waals surface area contributed by atoms with Gasteiger partial charge < -0.3 is 14.2 Å². The average molecular weight is 246 g/mol. The van der Waals surface area contributed by atoms with Crippen LogP contribution in [-0.4, -0.2) is 25.9 Å². The molecule has 1 saturated heterocycles. The van der Waals surface area contributed by atoms with Crippen molar-refractivity contribution in [1.82, 2.24) is 0 Å². The van der Waals surface area contributed by atoms with Gasteiger partial charge in [-0.15, -0.1) is 0 Å². The van der Waals surface area contributed by atoms with E-state index in [0.29, 0.717) is 17.9 Å². The molecule has 1 aromatic carbocycles. The van der Waals surface area contributed by atoms with Crippen molar-refractivity contribution in [2.24, 2.45) is 0 Å². The molecule has 3 nitrogen and oxygen atoms in total. The molecule has 1 aliphatic heterocycles. The monoisotopic (exact) mass is 246 g/mol. The minimum absolute atomic E-state index is 0.0512. The average Bonchev–Trinajstić information content (AvgIpc) is 3.12. The minimum atomic E-state index is 0.0512. The van der Waals surface area contributed by atoms with Gasteiger partial charge in [-0.05, 0) is 31.9 Å². The lowest BCUT2D eigenvalue weighted by Gasteiger charge is -2.40. The normalized spacial score (nSPS) is 38.9. The first-order valence-corrected chi connectivity index (χ1v) is 6.63. The predicted molar refractivity (Wildman–Crippen MR) is 67.5 cm³/mol. The lowest BCUT2D eigenvalue weighted by molar-refractivity contribution is 0.268. The maximum atomic E-state index is 6.02. The van der Waals surface area contributed by atoms with Crippen molar-refractivity contribution >= 4 is 0 Å². The highest BCUT2D eigenvalue weighted by Crippen LogP contribution is 2.68. The van der Waals surface area contributed by atoms with E-state index in [2.05, 4.69) is 6.92 Å². The van der Waals surface area contributed by atoms with Gasteiger partial charge in [0.2, 0.25) is 0 Å². The zero-order valence-electron chi connectivity index (χ0n) is 11.0. The summed E-state index contributed by atoms with van der Waals surface area (Å²) in [5, 5.41) is 0. The van der Waals surface area contributed by atoms with Crippen LogP contribution < -0.4 is 9.47 Å². The lowest BCUT2D eigenvalue weighted by atomic mass is 9.62. The van der Waals surface area contributed by atoms with Crippen LogP contribution >= 0.6 is 0 Å². The fourth-order valence-electron chi connectivity index (χ4n) is 4.21. The third kappa shape index (κ3) is 1.05. The molecule has 3 heteroatoms. The molecular weight excluding hydrogens is 228 g/mol. The Kier molecular flexibility index (Phi) is 1.90. The summed E-state index contributed by atoms with van der Waals surface area (Å²) in [5.74, 6) is 2.95. The Bertz CT molecular complexity index is 525. The van der Waals surface area contributed by atoms with Crippen LogP contribution in [0.4, 0.5) is 0 Å². The highest BCUT2D eigenvalue weighted by Gasteiger charge is 2.68. The van der Waals surface area contributed by atoms with Crippen molar-refractivity contribution < 1.29 is 14.2 Å². The summed E-state index contributed by atoms with van der Waals surface area (Å²) < 4.78 is 17.1. The zero-order chi connectivity index (χ0) is 12.5. The van der Waals surface area contributed by atoms with Crippen LogP contribution in [0.2, 0.25) is 0 Å². The van der Waals surface area contributed by atoms with Crippen molar-refractivity contribution in [3.63, 3.8) is 0 Å². The van der Waals surface area contributed by atoms with Gasteiger partial charge in [-0.25, -0.2) is 0 Å². The van der Waals surface area contributed by atoms with E-state index >= 15 is 0 Å². The molecule has 18 heavy (non-hydrogen) atoms. The van der Waals surface area contributed by atoms with E-state index in [1.54, 1.807) is 14.2 Å². The quantitative estimate of drug-likeness (QED) is 0.752. The second-order valence-corrected chi connectivity index (χ2v) is 5.76. The van der Waals surface area contributed by atoms with Crippen LogP contribution in [-0.2, 0) is 4.74 Å². The van der Waals surface area contributed by atoms with Crippen LogP contribution in [0.1, 0.15) is 42.7 Å². The molecule has 0 aromatic heterocycles. The van der Waals surface area contributed by atoms with Gasteiger partial charge in [0.25, 0.3) is 0 Å². The first-order chi connectivity index (χ1) is 8.70. The largest absolute Gasteiger partial charge is 0.496 e. The van der Waals surface area contributed by atoms with Crippen LogP contribution in [0.5, 0.6) is 11.5 Å². The second-order valence-electron chi connectivity index (χ2n) is 5.76. The SMILES string of the molecule is COc1ccc(OC)c2c1C1CCC2C2(C)OC12. The van der Waals surface area contributed by atoms with Crippen molar-refractivity contribution in [2.75, 3.05) is 14.2 Å². The van der Waals surface area contributed by atoms with Crippen LogP contribution in [0.25, 0.3) is 0 Å². The smallest absolute Gasteiger partial charge is 0.123 e. The van der Waals surface area contributed by atoms with E-state index < -0.39 is 0 Å². The lowest BCUT2D eigenvalue weighted by Crippen LogP contribution is -2.36. The Hall–Kier alpha value is -1.22. The summed E-state index contributed by atoms with van der Waals surface area (Å²) in [4.78, 5) is 0. The molecule has 0 spiro atoms. The molecule has 4 atom stereocenters. The first kappa shape index (κ1) is 10.7. The molecule has 4 unspecified atom stereocenters. The number of fused-ring (bicyclic) bond motifs is 1. The van der Waals surface area contributed by atoms with Gasteiger partial charge in [-0.3, -0.25) is 0 Å². The summed E-state index contributed by atoms with van der Waals surface area (Å²) in [7, 11) is 3.50. The third-order valence-corrected chi connectivity index (χ3v) is 5.08. The van der Waals surface area contributed by atoms with Gasteiger partial charge in [0.1, 0.15) is 11.5 Å². The Morgan fingerprint density at radius 3 is 2.44 bits per heavy atom. The number of rotatable bonds is 2. The highest BCUT2D eigenvalue weighted by molar-refractivity contribution is 5.59. The van der Waals surface area contributed by atoms with Gasteiger partial charge in [0.15, 0.2) is 0 Å². The third-order valence-electron chi connectivity index (χ3n) is 5.08. The van der Waals surface area contributed by atoms with Crippen molar-refractivity contribution in [3.05, 3.63) is 23.3 Å². The number of hydrogen-bond acceptors (Lipinski definition) is 3. The summed E-state index contributed by atoms with van der Waals surface area (Å²) in [6.07, 6.45) is 2.81. The molecule has 2 bridgehead atoms. The number of ether oxygens (including phenoxy) is 3. The topological polar surface area (TPSA) is 31.0 Å². The van der Waals surface area contributed by atoms with Gasteiger partial charge in [0, 0.05) is 23.0 Å². The Morgan fingerprint density at radius 1 is 1.11 bits per heavy atom. The number of epoxide rings is 1. The molecule has 0 N–H and O–H groups in total. The van der Waals surface area contributed by atoms with E-state index in [9.17, 15) is 0 Å². The minimum Gasteiger partial charge on any atom is -0.496 e. The van der Waals surface area contributed by atoms with E-state index in [-0.39, 0.29) is 5.60 Å². The van der Waals surface area contributed by atoms with Gasteiger partial charge >= 0.3 is 0 Å². The molecule has 1 aromatic rings. The number of methoxy groups -OCH3 is 2. The molecule has 96 valence electrons. The van der Waals surface area contributed by atoms with Crippen LogP contribution in [0.3, 0.4) is 0 Å². The molecular formula is C15H18O3. The molecule has 1 heterocycles. The molecule has 2 fully saturated rings. The molecule has 1 saturated carbocycles. The Labute approximate surface area is 107 Å². The maximum Gasteiger partial charge on any atom is 0.123 e. The van der Waals surface area contributed by atoms with Gasteiger partial charge in [-0.1, -0.05) is 0 Å². The summed E-state index contributed by atoms with van der Waals surface area (Å²) in [6.45, 7) is 2.25. The van der Waals surface area contributed by atoms with Crippen molar-refractivity contribution in [3.8, 4) is 11.5 Å². The Balaban J connectivity index is 1.98. The van der Waals surface area contributed by atoms with E-state index in [4.69, 9.17) is 14.2 Å². The van der Waals surface area contributed by atoms with Crippen LogP contribution in [0.15, 0.2) is 12.1 Å². The standard InChI is InChI=1S/C15H18O3/c1-15-9-5-4-8(14(15)18-15)12-10(16-2)6-7-11(17-3)13(9)12/h6-9,14H,4-5H2,1-3H3. The summed E-state index contributed by atoms with van der Waals surface area (Å²) in [6, 6.07) is 4.05. The van der Waals surface area contributed by atoms with Gasteiger partial charge in [0.05, 0.1) is 25.9 Å². The predicted octanol–water partition coefficient (Wildman–Crippen LogP) is 2.84. The Morgan fingerprint density at radius 2 is 1.78 bits per heavy atom. The second kappa shape index (κ2) is 3.21. The first-order valence-electron chi connectivity index (χ1n) is 6.63. The van der Waals surface area contributed by atoms with Crippen LogP contribution in [0, 0.1) is 0 Å². The van der Waals surface area contributed by atoms with E-state index in [1.807, 2.05) is 12.1 Å². The molecule has 0 amide bonds. The molecule has 5 rings (SSSR count). The maximum absolute atomic E-state index is 6.02. The van der Waals surface area contributed by atoms with Crippen molar-refractivity contribution in [2.45, 2.75) is 43.3 Å². The number of hydrogen-bond donors (Lipinski definition) is 0. The summed E-state index contributed by atoms with van der Waals surface area (Å²) in [5.41, 5.74) is 2.73. The fraction of sp³-hybridized carbons (Fsp3) is 0.600. The zero-order valence-corrected chi connectivity index (χ0v) is 11.0. The van der Waals surface area contributed by atoms with E-state index in [0.717, 1.165) is 11.5 Å². The number of benzene rings is 1. The molecule has 3 aliphatic carbocycles. The highest BCUT2D eigenvalue weighted by atomic mass is 16.6. The fourth-order valence-corrected chi connectivity index (χ4v) is 4.21. The van der Waals surface area contributed by atoms with Crippen molar-refractivity contribution in [1.29, 1.82) is 0 Å².